The first-order valence-corrected chi connectivity index (χ1v) is 7.21. The molecule has 0 aliphatic heterocycles. The monoisotopic (exact) mass is 308 g/mol. The predicted molar refractivity (Wildman–Crippen MR) is 77.8 cm³/mol. The topological polar surface area (TPSA) is 78.9 Å². The van der Waals surface area contributed by atoms with Crippen LogP contribution >= 0.6 is 11.6 Å². The van der Waals surface area contributed by atoms with Crippen molar-refractivity contribution in [2.24, 2.45) is 0 Å². The van der Waals surface area contributed by atoms with Crippen molar-refractivity contribution in [2.45, 2.75) is 45.8 Å². The van der Waals surface area contributed by atoms with Crippen LogP contribution in [0.1, 0.15) is 34.1 Å². The minimum absolute atomic E-state index is 0.0902. The maximum atomic E-state index is 11.7. The zero-order valence-corrected chi connectivity index (χ0v) is 13.4. The average Bonchev–Trinajstić information content (AvgIpc) is 2.32. The molecular weight excluding hydrogens is 284 g/mol. The fourth-order valence-electron chi connectivity index (χ4n) is 1.60. The summed E-state index contributed by atoms with van der Waals surface area (Å²) in [6.45, 7) is 7.82. The molecule has 7 heteroatoms. The van der Waals surface area contributed by atoms with Gasteiger partial charge in [0.05, 0.1) is 6.04 Å². The molecule has 20 heavy (non-hydrogen) atoms. The van der Waals surface area contributed by atoms with Gasteiger partial charge in [-0.25, -0.2) is 4.79 Å². The van der Waals surface area contributed by atoms with Gasteiger partial charge in [0.25, 0.3) is 0 Å². The minimum atomic E-state index is -0.593. The molecule has 2 N–H and O–H groups in total. The number of amides is 2. The van der Waals surface area contributed by atoms with Crippen molar-refractivity contribution in [3.63, 3.8) is 0 Å². The van der Waals surface area contributed by atoms with Gasteiger partial charge < -0.3 is 20.1 Å². The van der Waals surface area contributed by atoms with Gasteiger partial charge in [-0.05, 0) is 34.1 Å². The Morgan fingerprint density at radius 3 is 2.40 bits per heavy atom. The van der Waals surface area contributed by atoms with Crippen molar-refractivity contribution in [3.05, 3.63) is 0 Å². The first-order valence-electron chi connectivity index (χ1n) is 6.67. The highest BCUT2D eigenvalue weighted by Crippen LogP contribution is 2.08. The lowest BCUT2D eigenvalue weighted by Crippen LogP contribution is -2.47. The SMILES string of the molecule is CCN(C[C@H](CCO)NC(=O)OC(C)(C)C)C(=O)CCl. The van der Waals surface area contributed by atoms with Crippen LogP contribution < -0.4 is 5.32 Å². The molecule has 118 valence electrons. The molecule has 0 aromatic heterocycles. The van der Waals surface area contributed by atoms with E-state index in [1.165, 1.54) is 4.90 Å². The summed E-state index contributed by atoms with van der Waals surface area (Å²) in [4.78, 5) is 24.8. The van der Waals surface area contributed by atoms with Crippen LogP contribution in [-0.4, -0.2) is 59.2 Å². The van der Waals surface area contributed by atoms with E-state index in [0.717, 1.165) is 0 Å². The van der Waals surface area contributed by atoms with Crippen LogP contribution in [0, 0.1) is 0 Å². The molecule has 0 aromatic rings. The van der Waals surface area contributed by atoms with E-state index in [1.807, 2.05) is 6.92 Å². The molecule has 0 aliphatic rings. The summed E-state index contributed by atoms with van der Waals surface area (Å²) in [5.41, 5.74) is -0.593. The lowest BCUT2D eigenvalue weighted by molar-refractivity contribution is -0.128. The van der Waals surface area contributed by atoms with Crippen LogP contribution in [0.4, 0.5) is 4.79 Å². The molecule has 2 amide bonds. The van der Waals surface area contributed by atoms with E-state index in [-0.39, 0.29) is 24.4 Å². The van der Waals surface area contributed by atoms with Crippen LogP contribution in [-0.2, 0) is 9.53 Å². The summed E-state index contributed by atoms with van der Waals surface area (Å²) in [6.07, 6.45) is -0.226. The summed E-state index contributed by atoms with van der Waals surface area (Å²) in [7, 11) is 0. The predicted octanol–water partition coefficient (Wildman–Crippen LogP) is 1.35. The molecule has 0 unspecified atom stereocenters. The van der Waals surface area contributed by atoms with Crippen molar-refractivity contribution >= 4 is 23.6 Å². The number of carbonyl (C=O) groups excluding carboxylic acids is 2. The molecule has 0 heterocycles. The Morgan fingerprint density at radius 2 is 2.00 bits per heavy atom. The third kappa shape index (κ3) is 8.22. The van der Waals surface area contributed by atoms with Gasteiger partial charge in [-0.2, -0.15) is 0 Å². The fraction of sp³-hybridized carbons (Fsp3) is 0.846. The zero-order chi connectivity index (χ0) is 15.8. The zero-order valence-electron chi connectivity index (χ0n) is 12.6. The number of alkyl carbamates (subject to hydrolysis) is 1. The molecule has 0 saturated carbocycles. The molecule has 0 aromatic carbocycles. The van der Waals surface area contributed by atoms with E-state index in [4.69, 9.17) is 21.4 Å². The fourth-order valence-corrected chi connectivity index (χ4v) is 1.77. The number of ether oxygens (including phenoxy) is 1. The van der Waals surface area contributed by atoms with E-state index < -0.39 is 11.7 Å². The van der Waals surface area contributed by atoms with Gasteiger partial charge in [0.15, 0.2) is 0 Å². The number of aliphatic hydroxyl groups excluding tert-OH is 1. The summed E-state index contributed by atoms with van der Waals surface area (Å²) in [5, 5.41) is 11.7. The smallest absolute Gasteiger partial charge is 0.407 e. The number of alkyl halides is 1. The number of hydrogen-bond acceptors (Lipinski definition) is 4. The highest BCUT2D eigenvalue weighted by atomic mass is 35.5. The Labute approximate surface area is 125 Å². The normalized spacial score (nSPS) is 12.7. The molecule has 0 radical (unpaired) electrons. The first kappa shape index (κ1) is 19.0. The van der Waals surface area contributed by atoms with E-state index in [1.54, 1.807) is 20.8 Å². The van der Waals surface area contributed by atoms with Gasteiger partial charge in [0.2, 0.25) is 5.91 Å². The Kier molecular flexibility index (Phi) is 8.57. The largest absolute Gasteiger partial charge is 0.444 e. The second-order valence-corrected chi connectivity index (χ2v) is 5.69. The Morgan fingerprint density at radius 1 is 1.40 bits per heavy atom. The quantitative estimate of drug-likeness (QED) is 0.696. The van der Waals surface area contributed by atoms with Crippen LogP contribution in [0.15, 0.2) is 0 Å². The maximum Gasteiger partial charge on any atom is 0.407 e. The van der Waals surface area contributed by atoms with Crippen molar-refractivity contribution in [1.82, 2.24) is 10.2 Å². The minimum Gasteiger partial charge on any atom is -0.444 e. The molecule has 0 fully saturated rings. The second-order valence-electron chi connectivity index (χ2n) is 5.42. The number of nitrogens with zero attached hydrogens (tertiary/aromatic N) is 1. The number of likely N-dealkylation sites (N-methyl/N-ethyl adjacent to an activating group) is 1. The van der Waals surface area contributed by atoms with Gasteiger partial charge in [-0.15, -0.1) is 11.6 Å². The summed E-state index contributed by atoms with van der Waals surface area (Å²) >= 11 is 5.53. The third-order valence-electron chi connectivity index (χ3n) is 2.49. The Hall–Kier alpha value is -1.01. The number of aliphatic hydroxyl groups is 1. The molecule has 0 rings (SSSR count). The van der Waals surface area contributed by atoms with E-state index in [0.29, 0.717) is 19.5 Å². The highest BCUT2D eigenvalue weighted by molar-refractivity contribution is 6.27. The number of hydrogen-bond donors (Lipinski definition) is 2. The second kappa shape index (κ2) is 9.02. The lowest BCUT2D eigenvalue weighted by Gasteiger charge is -2.28. The van der Waals surface area contributed by atoms with Gasteiger partial charge >= 0.3 is 6.09 Å². The molecule has 0 bridgehead atoms. The van der Waals surface area contributed by atoms with Crippen LogP contribution in [0.25, 0.3) is 0 Å². The maximum absolute atomic E-state index is 11.7. The van der Waals surface area contributed by atoms with Crippen LogP contribution in [0.5, 0.6) is 0 Å². The van der Waals surface area contributed by atoms with Crippen molar-refractivity contribution in [1.29, 1.82) is 0 Å². The van der Waals surface area contributed by atoms with Crippen molar-refractivity contribution in [2.75, 3.05) is 25.6 Å². The van der Waals surface area contributed by atoms with Crippen molar-refractivity contribution < 1.29 is 19.4 Å². The van der Waals surface area contributed by atoms with Gasteiger partial charge in [-0.1, -0.05) is 0 Å². The average molecular weight is 309 g/mol. The summed E-state index contributed by atoms with van der Waals surface area (Å²) in [6, 6.07) is -0.373. The number of carbonyl (C=O) groups is 2. The molecule has 1 atom stereocenters. The van der Waals surface area contributed by atoms with Crippen LogP contribution in [0.2, 0.25) is 0 Å². The number of nitrogens with one attached hydrogen (secondary N) is 1. The molecule has 0 aliphatic carbocycles. The molecule has 6 nitrogen and oxygen atoms in total. The van der Waals surface area contributed by atoms with E-state index in [9.17, 15) is 9.59 Å². The molecule has 0 saturated heterocycles. The van der Waals surface area contributed by atoms with E-state index in [2.05, 4.69) is 5.32 Å². The summed E-state index contributed by atoms with van der Waals surface area (Å²) in [5.74, 6) is -0.311. The van der Waals surface area contributed by atoms with Crippen LogP contribution in [0.3, 0.4) is 0 Å². The summed E-state index contributed by atoms with van der Waals surface area (Å²) < 4.78 is 5.16. The lowest BCUT2D eigenvalue weighted by atomic mass is 10.2. The standard InChI is InChI=1S/C13H25ClN2O4/c1-5-16(11(18)8-14)9-10(6-7-17)15-12(19)20-13(2,3)4/h10,17H,5-9H2,1-4H3,(H,15,19)/t10-/m0/s1. The number of halogens is 1. The Balaban J connectivity index is 4.55. The molecular formula is C13H25ClN2O4. The van der Waals surface area contributed by atoms with Gasteiger partial charge in [0.1, 0.15) is 11.5 Å². The van der Waals surface area contributed by atoms with Gasteiger partial charge in [0, 0.05) is 19.7 Å². The molecule has 0 spiro atoms. The first-order chi connectivity index (χ1) is 9.23. The number of rotatable bonds is 7. The Bertz CT molecular complexity index is 318. The van der Waals surface area contributed by atoms with Gasteiger partial charge in [-0.3, -0.25) is 4.79 Å². The van der Waals surface area contributed by atoms with E-state index >= 15 is 0 Å². The van der Waals surface area contributed by atoms with Crippen molar-refractivity contribution in [3.8, 4) is 0 Å². The highest BCUT2D eigenvalue weighted by Gasteiger charge is 2.22. The third-order valence-corrected chi connectivity index (χ3v) is 2.72.